The summed E-state index contributed by atoms with van der Waals surface area (Å²) in [5, 5.41) is 5.73. The van der Waals surface area contributed by atoms with Crippen LogP contribution in [0.15, 0.2) is 42.5 Å². The summed E-state index contributed by atoms with van der Waals surface area (Å²) in [6.07, 6.45) is 0.148. The molecule has 25 heavy (non-hydrogen) atoms. The van der Waals surface area contributed by atoms with Crippen LogP contribution in [0.3, 0.4) is 0 Å². The third-order valence-electron chi connectivity index (χ3n) is 3.32. The van der Waals surface area contributed by atoms with Crippen molar-refractivity contribution in [1.29, 1.82) is 0 Å². The van der Waals surface area contributed by atoms with Gasteiger partial charge in [0.05, 0.1) is 17.8 Å². The van der Waals surface area contributed by atoms with E-state index in [1.54, 1.807) is 6.07 Å². The quantitative estimate of drug-likeness (QED) is 0.764. The van der Waals surface area contributed by atoms with Crippen molar-refractivity contribution in [3.8, 4) is 0 Å². The fraction of sp³-hybridized carbons (Fsp3) is 0.176. The van der Waals surface area contributed by atoms with Crippen LogP contribution < -0.4 is 10.6 Å². The Balaban J connectivity index is 2.06. The number of hydrogen-bond acceptors (Lipinski definition) is 3. The summed E-state index contributed by atoms with van der Waals surface area (Å²) in [6, 6.07) is 8.62. The maximum absolute atomic E-state index is 13.0. The largest absolute Gasteiger partial charge is 0.467 e. The number of rotatable bonds is 5. The second kappa shape index (κ2) is 8.69. The number of carbonyl (C=O) groups excluding carboxylic acids is 2. The average molecular weight is 385 g/mol. The van der Waals surface area contributed by atoms with Gasteiger partial charge >= 0.3 is 12.0 Å². The van der Waals surface area contributed by atoms with Gasteiger partial charge in [-0.25, -0.2) is 14.0 Å². The number of amides is 2. The highest BCUT2D eigenvalue weighted by Crippen LogP contribution is 2.25. The molecule has 0 fully saturated rings. The van der Waals surface area contributed by atoms with Gasteiger partial charge in [0.2, 0.25) is 0 Å². The minimum absolute atomic E-state index is 0.148. The van der Waals surface area contributed by atoms with Crippen LogP contribution in [0, 0.1) is 5.82 Å². The Morgan fingerprint density at radius 3 is 2.44 bits per heavy atom. The number of methoxy groups -OCH3 is 1. The van der Waals surface area contributed by atoms with Gasteiger partial charge in [0.15, 0.2) is 0 Å². The molecule has 0 saturated heterocycles. The van der Waals surface area contributed by atoms with Gasteiger partial charge in [-0.1, -0.05) is 35.3 Å². The van der Waals surface area contributed by atoms with Crippen molar-refractivity contribution in [2.45, 2.75) is 12.5 Å². The van der Waals surface area contributed by atoms with Crippen molar-refractivity contribution < 1.29 is 18.7 Å². The number of urea groups is 1. The van der Waals surface area contributed by atoms with E-state index in [1.807, 2.05) is 0 Å². The molecule has 0 aliphatic heterocycles. The van der Waals surface area contributed by atoms with Gasteiger partial charge in [-0.05, 0) is 35.9 Å². The van der Waals surface area contributed by atoms with Crippen LogP contribution >= 0.6 is 23.2 Å². The van der Waals surface area contributed by atoms with E-state index >= 15 is 0 Å². The van der Waals surface area contributed by atoms with Crippen LogP contribution in [-0.2, 0) is 16.0 Å². The molecule has 132 valence electrons. The Kier molecular flexibility index (Phi) is 6.61. The van der Waals surface area contributed by atoms with E-state index in [0.29, 0.717) is 16.3 Å². The second-order valence-corrected chi connectivity index (χ2v) is 5.97. The SMILES string of the molecule is COC(=O)C(Cc1ccc(F)cc1)NC(=O)Nc1ccc(Cl)cc1Cl. The fourth-order valence-corrected chi connectivity index (χ4v) is 2.55. The van der Waals surface area contributed by atoms with Gasteiger partial charge < -0.3 is 15.4 Å². The van der Waals surface area contributed by atoms with Crippen LogP contribution in [-0.4, -0.2) is 25.2 Å². The maximum atomic E-state index is 13.0. The molecule has 2 aromatic carbocycles. The van der Waals surface area contributed by atoms with Crippen molar-refractivity contribution in [1.82, 2.24) is 5.32 Å². The van der Waals surface area contributed by atoms with Gasteiger partial charge in [0, 0.05) is 11.4 Å². The van der Waals surface area contributed by atoms with E-state index in [9.17, 15) is 14.0 Å². The molecule has 0 heterocycles. The molecular weight excluding hydrogens is 370 g/mol. The minimum atomic E-state index is -0.943. The third kappa shape index (κ3) is 5.62. The monoisotopic (exact) mass is 384 g/mol. The summed E-state index contributed by atoms with van der Waals surface area (Å²) in [4.78, 5) is 24.0. The zero-order valence-electron chi connectivity index (χ0n) is 13.2. The van der Waals surface area contributed by atoms with Crippen LogP contribution in [0.25, 0.3) is 0 Å². The molecule has 0 aliphatic carbocycles. The molecule has 1 atom stereocenters. The highest BCUT2D eigenvalue weighted by atomic mass is 35.5. The van der Waals surface area contributed by atoms with Crippen LogP contribution in [0.4, 0.5) is 14.9 Å². The molecule has 2 amide bonds. The Hall–Kier alpha value is -2.31. The number of benzene rings is 2. The topological polar surface area (TPSA) is 67.4 Å². The first-order valence-corrected chi connectivity index (χ1v) is 7.99. The summed E-state index contributed by atoms with van der Waals surface area (Å²) in [6.45, 7) is 0. The first-order valence-electron chi connectivity index (χ1n) is 7.24. The van der Waals surface area contributed by atoms with Crippen molar-refractivity contribution in [3.63, 3.8) is 0 Å². The molecule has 5 nitrogen and oxygen atoms in total. The molecule has 0 saturated carbocycles. The minimum Gasteiger partial charge on any atom is -0.467 e. The first-order chi connectivity index (χ1) is 11.9. The lowest BCUT2D eigenvalue weighted by atomic mass is 10.1. The third-order valence-corrected chi connectivity index (χ3v) is 3.87. The number of nitrogens with one attached hydrogen (secondary N) is 2. The number of hydrogen-bond donors (Lipinski definition) is 2. The summed E-state index contributed by atoms with van der Waals surface area (Å²) in [5.41, 5.74) is 1.01. The van der Waals surface area contributed by atoms with Gasteiger partial charge in [-0.3, -0.25) is 0 Å². The van der Waals surface area contributed by atoms with E-state index in [4.69, 9.17) is 27.9 Å². The van der Waals surface area contributed by atoms with Crippen LogP contribution in [0.2, 0.25) is 10.0 Å². The zero-order valence-corrected chi connectivity index (χ0v) is 14.7. The Morgan fingerprint density at radius 2 is 1.84 bits per heavy atom. The number of esters is 1. The number of carbonyl (C=O) groups is 2. The summed E-state index contributed by atoms with van der Waals surface area (Å²) < 4.78 is 17.7. The fourth-order valence-electron chi connectivity index (χ4n) is 2.10. The van der Waals surface area contributed by atoms with Crippen LogP contribution in [0.1, 0.15) is 5.56 Å². The van der Waals surface area contributed by atoms with E-state index in [0.717, 1.165) is 0 Å². The molecule has 0 bridgehead atoms. The van der Waals surface area contributed by atoms with E-state index in [-0.39, 0.29) is 17.3 Å². The average Bonchev–Trinajstić information content (AvgIpc) is 2.58. The van der Waals surface area contributed by atoms with Gasteiger partial charge in [-0.2, -0.15) is 0 Å². The zero-order chi connectivity index (χ0) is 18.4. The van der Waals surface area contributed by atoms with Crippen molar-refractivity contribution in [2.24, 2.45) is 0 Å². The molecule has 0 radical (unpaired) electrons. The van der Waals surface area contributed by atoms with Crippen molar-refractivity contribution in [3.05, 3.63) is 63.9 Å². The molecule has 1 unspecified atom stereocenters. The van der Waals surface area contributed by atoms with Gasteiger partial charge in [-0.15, -0.1) is 0 Å². The normalized spacial score (nSPS) is 11.5. The lowest BCUT2D eigenvalue weighted by Crippen LogP contribution is -2.45. The molecule has 0 aromatic heterocycles. The standard InChI is InChI=1S/C17H15Cl2FN2O3/c1-25-16(23)15(8-10-2-5-12(20)6-3-10)22-17(24)21-14-7-4-11(18)9-13(14)19/h2-7,9,15H,8H2,1H3,(H2,21,22,24). The molecule has 2 N–H and O–H groups in total. The lowest BCUT2D eigenvalue weighted by Gasteiger charge is -2.17. The van der Waals surface area contributed by atoms with Crippen molar-refractivity contribution in [2.75, 3.05) is 12.4 Å². The molecular formula is C17H15Cl2FN2O3. The maximum Gasteiger partial charge on any atom is 0.328 e. The molecule has 0 aliphatic rings. The predicted octanol–water partition coefficient (Wildman–Crippen LogP) is 4.04. The van der Waals surface area contributed by atoms with E-state index in [2.05, 4.69) is 10.6 Å². The smallest absolute Gasteiger partial charge is 0.328 e. The molecule has 0 spiro atoms. The highest BCUT2D eigenvalue weighted by molar-refractivity contribution is 6.36. The van der Waals surface area contributed by atoms with E-state index in [1.165, 1.54) is 43.5 Å². The summed E-state index contributed by atoms with van der Waals surface area (Å²) in [7, 11) is 1.22. The van der Waals surface area contributed by atoms with Gasteiger partial charge in [0.1, 0.15) is 11.9 Å². The molecule has 2 aromatic rings. The van der Waals surface area contributed by atoms with Gasteiger partial charge in [0.25, 0.3) is 0 Å². The number of anilines is 1. The highest BCUT2D eigenvalue weighted by Gasteiger charge is 2.22. The van der Waals surface area contributed by atoms with E-state index < -0.39 is 18.0 Å². The molecule has 8 heteroatoms. The van der Waals surface area contributed by atoms with Crippen LogP contribution in [0.5, 0.6) is 0 Å². The Morgan fingerprint density at radius 1 is 1.16 bits per heavy atom. The lowest BCUT2D eigenvalue weighted by molar-refractivity contribution is -0.142. The summed E-state index contributed by atoms with van der Waals surface area (Å²) in [5.74, 6) is -1.01. The molecule has 2 rings (SSSR count). The van der Waals surface area contributed by atoms with Crippen molar-refractivity contribution >= 4 is 40.9 Å². The Labute approximate surface area is 154 Å². The first kappa shape index (κ1) is 19.0. The number of halogens is 3. The summed E-state index contributed by atoms with van der Waals surface area (Å²) >= 11 is 11.8. The Bertz CT molecular complexity index is 769. The second-order valence-electron chi connectivity index (χ2n) is 5.13. The predicted molar refractivity (Wildman–Crippen MR) is 94.5 cm³/mol. The number of ether oxygens (including phenoxy) is 1.